The van der Waals surface area contributed by atoms with Crippen molar-refractivity contribution in [3.8, 4) is 0 Å². The van der Waals surface area contributed by atoms with Crippen molar-refractivity contribution < 1.29 is 4.79 Å². The van der Waals surface area contributed by atoms with Gasteiger partial charge in [0.15, 0.2) is 0 Å². The largest absolute Gasteiger partial charge is 0.376 e. The molecule has 1 aliphatic heterocycles. The topological polar surface area (TPSA) is 32.3 Å². The molecule has 0 saturated carbocycles. The Balaban J connectivity index is 1.90. The predicted molar refractivity (Wildman–Crippen MR) is 70.5 cm³/mol. The monoisotopic (exact) mass is 252 g/mol. The first-order valence-corrected chi connectivity index (χ1v) is 6.32. The highest BCUT2D eigenvalue weighted by atomic mass is 35.5. The van der Waals surface area contributed by atoms with E-state index in [4.69, 9.17) is 11.6 Å². The molecular formula is C13H17ClN2O. The number of nitrogens with zero attached hydrogens (tertiary/aromatic N) is 1. The molecular weight excluding hydrogens is 236 g/mol. The second kappa shape index (κ2) is 5.41. The van der Waals surface area contributed by atoms with Gasteiger partial charge in [-0.15, -0.1) is 0 Å². The maximum atomic E-state index is 11.8. The van der Waals surface area contributed by atoms with Crippen LogP contribution in [0.25, 0.3) is 0 Å². The molecule has 1 aromatic rings. The van der Waals surface area contributed by atoms with E-state index in [-0.39, 0.29) is 5.91 Å². The molecule has 1 N–H and O–H groups in total. The van der Waals surface area contributed by atoms with Gasteiger partial charge in [0, 0.05) is 23.8 Å². The van der Waals surface area contributed by atoms with Gasteiger partial charge >= 0.3 is 0 Å². The zero-order valence-electron chi connectivity index (χ0n) is 10.0. The Bertz CT molecular complexity index is 414. The van der Waals surface area contributed by atoms with Gasteiger partial charge in [-0.3, -0.25) is 4.79 Å². The van der Waals surface area contributed by atoms with Crippen LogP contribution in [0.1, 0.15) is 18.4 Å². The van der Waals surface area contributed by atoms with Crippen molar-refractivity contribution in [2.24, 2.45) is 0 Å². The molecule has 1 aliphatic rings. The molecule has 0 bridgehead atoms. The van der Waals surface area contributed by atoms with Crippen molar-refractivity contribution in [1.82, 2.24) is 4.90 Å². The Labute approximate surface area is 107 Å². The average Bonchev–Trinajstić information content (AvgIpc) is 2.81. The maximum Gasteiger partial charge on any atom is 0.241 e. The molecule has 1 saturated heterocycles. The number of amides is 1. The van der Waals surface area contributed by atoms with Crippen LogP contribution in [0.2, 0.25) is 5.02 Å². The lowest BCUT2D eigenvalue weighted by atomic mass is 10.2. The summed E-state index contributed by atoms with van der Waals surface area (Å²) in [5.41, 5.74) is 2.04. The predicted octanol–water partition coefficient (Wildman–Crippen LogP) is 2.68. The highest BCUT2D eigenvalue weighted by molar-refractivity contribution is 6.30. The van der Waals surface area contributed by atoms with Crippen molar-refractivity contribution in [1.29, 1.82) is 0 Å². The van der Waals surface area contributed by atoms with Crippen LogP contribution in [-0.4, -0.2) is 30.4 Å². The number of likely N-dealkylation sites (tertiary alicyclic amines) is 1. The molecule has 2 rings (SSSR count). The molecule has 4 heteroatoms. The number of hydrogen-bond donors (Lipinski definition) is 1. The number of nitrogens with one attached hydrogen (secondary N) is 1. The summed E-state index contributed by atoms with van der Waals surface area (Å²) in [4.78, 5) is 13.7. The van der Waals surface area contributed by atoms with Crippen LogP contribution in [-0.2, 0) is 4.79 Å². The summed E-state index contributed by atoms with van der Waals surface area (Å²) >= 11 is 5.88. The first kappa shape index (κ1) is 12.2. The minimum Gasteiger partial charge on any atom is -0.376 e. The molecule has 0 unspecified atom stereocenters. The average molecular weight is 253 g/mol. The number of rotatable bonds is 3. The van der Waals surface area contributed by atoms with Gasteiger partial charge < -0.3 is 10.2 Å². The van der Waals surface area contributed by atoms with Crippen LogP contribution < -0.4 is 5.32 Å². The molecule has 1 amide bonds. The summed E-state index contributed by atoms with van der Waals surface area (Å²) < 4.78 is 0. The number of hydrogen-bond acceptors (Lipinski definition) is 2. The molecule has 17 heavy (non-hydrogen) atoms. The maximum absolute atomic E-state index is 11.8. The van der Waals surface area contributed by atoms with Crippen molar-refractivity contribution >= 4 is 23.2 Å². The third-order valence-corrected chi connectivity index (χ3v) is 3.31. The fraction of sp³-hybridized carbons (Fsp3) is 0.462. The number of anilines is 1. The Morgan fingerprint density at radius 1 is 1.41 bits per heavy atom. The Morgan fingerprint density at radius 2 is 2.12 bits per heavy atom. The van der Waals surface area contributed by atoms with E-state index in [1.54, 1.807) is 0 Å². The highest BCUT2D eigenvalue weighted by Gasteiger charge is 2.17. The van der Waals surface area contributed by atoms with Crippen LogP contribution in [0, 0.1) is 6.92 Å². The lowest BCUT2D eigenvalue weighted by Crippen LogP contribution is -2.33. The number of aryl methyl sites for hydroxylation is 1. The fourth-order valence-electron chi connectivity index (χ4n) is 2.07. The molecule has 1 heterocycles. The van der Waals surface area contributed by atoms with E-state index in [0.29, 0.717) is 6.54 Å². The number of benzene rings is 1. The fourth-order valence-corrected chi connectivity index (χ4v) is 2.30. The minimum absolute atomic E-state index is 0.178. The normalized spacial score (nSPS) is 15.1. The zero-order chi connectivity index (χ0) is 12.3. The second-order valence-corrected chi connectivity index (χ2v) is 4.84. The molecule has 1 aromatic carbocycles. The molecule has 0 radical (unpaired) electrons. The van der Waals surface area contributed by atoms with Crippen LogP contribution >= 0.6 is 11.6 Å². The minimum atomic E-state index is 0.178. The lowest BCUT2D eigenvalue weighted by Gasteiger charge is -2.16. The van der Waals surface area contributed by atoms with Gasteiger partial charge in [0.05, 0.1) is 6.54 Å². The first-order valence-electron chi connectivity index (χ1n) is 5.94. The zero-order valence-corrected chi connectivity index (χ0v) is 10.8. The van der Waals surface area contributed by atoms with Crippen molar-refractivity contribution in [3.63, 3.8) is 0 Å². The van der Waals surface area contributed by atoms with Crippen LogP contribution in [0.3, 0.4) is 0 Å². The molecule has 0 spiro atoms. The van der Waals surface area contributed by atoms with Gasteiger partial charge in [0.1, 0.15) is 0 Å². The third kappa shape index (κ3) is 3.13. The Morgan fingerprint density at radius 3 is 2.76 bits per heavy atom. The molecule has 3 nitrogen and oxygen atoms in total. The molecule has 1 fully saturated rings. The summed E-state index contributed by atoms with van der Waals surface area (Å²) in [6, 6.07) is 5.64. The Kier molecular flexibility index (Phi) is 3.89. The summed E-state index contributed by atoms with van der Waals surface area (Å²) in [6.07, 6.45) is 2.26. The van der Waals surface area contributed by atoms with Crippen LogP contribution in [0.5, 0.6) is 0 Å². The standard InChI is InChI=1S/C13H17ClN2O/c1-10-8-11(14)4-5-12(10)15-9-13(17)16-6-2-3-7-16/h4-5,8,15H,2-3,6-7,9H2,1H3. The second-order valence-electron chi connectivity index (χ2n) is 4.40. The van der Waals surface area contributed by atoms with E-state index in [1.165, 1.54) is 0 Å². The third-order valence-electron chi connectivity index (χ3n) is 3.08. The van der Waals surface area contributed by atoms with E-state index in [0.717, 1.165) is 42.2 Å². The summed E-state index contributed by atoms with van der Waals surface area (Å²) in [5.74, 6) is 0.178. The van der Waals surface area contributed by atoms with Gasteiger partial charge in [0.25, 0.3) is 0 Å². The molecule has 0 aromatic heterocycles. The quantitative estimate of drug-likeness (QED) is 0.897. The van der Waals surface area contributed by atoms with Gasteiger partial charge in [-0.05, 0) is 43.5 Å². The van der Waals surface area contributed by atoms with E-state index in [2.05, 4.69) is 5.32 Å². The van der Waals surface area contributed by atoms with Gasteiger partial charge in [-0.2, -0.15) is 0 Å². The van der Waals surface area contributed by atoms with Crippen LogP contribution in [0.15, 0.2) is 18.2 Å². The van der Waals surface area contributed by atoms with E-state index in [9.17, 15) is 4.79 Å². The smallest absolute Gasteiger partial charge is 0.241 e. The number of carbonyl (C=O) groups is 1. The first-order chi connectivity index (χ1) is 8.16. The Hall–Kier alpha value is -1.22. The van der Waals surface area contributed by atoms with Gasteiger partial charge in [-0.25, -0.2) is 0 Å². The van der Waals surface area contributed by atoms with Gasteiger partial charge in [0.2, 0.25) is 5.91 Å². The SMILES string of the molecule is Cc1cc(Cl)ccc1NCC(=O)N1CCCC1. The van der Waals surface area contributed by atoms with Gasteiger partial charge in [-0.1, -0.05) is 11.6 Å². The molecule has 0 aliphatic carbocycles. The highest BCUT2D eigenvalue weighted by Crippen LogP contribution is 2.19. The van der Waals surface area contributed by atoms with E-state index >= 15 is 0 Å². The molecule has 92 valence electrons. The number of halogens is 1. The van der Waals surface area contributed by atoms with Crippen molar-refractivity contribution in [2.45, 2.75) is 19.8 Å². The summed E-state index contributed by atoms with van der Waals surface area (Å²) in [5, 5.41) is 3.89. The van der Waals surface area contributed by atoms with E-state index < -0.39 is 0 Å². The molecule has 0 atom stereocenters. The van der Waals surface area contributed by atoms with Crippen LogP contribution in [0.4, 0.5) is 5.69 Å². The van der Waals surface area contributed by atoms with Crippen molar-refractivity contribution in [3.05, 3.63) is 28.8 Å². The number of carbonyl (C=O) groups excluding carboxylic acids is 1. The summed E-state index contributed by atoms with van der Waals surface area (Å²) in [7, 11) is 0. The van der Waals surface area contributed by atoms with E-state index in [1.807, 2.05) is 30.0 Å². The lowest BCUT2D eigenvalue weighted by molar-refractivity contribution is -0.128. The van der Waals surface area contributed by atoms with Crippen molar-refractivity contribution in [2.75, 3.05) is 25.0 Å². The summed E-state index contributed by atoms with van der Waals surface area (Å²) in [6.45, 7) is 4.15.